The van der Waals surface area contributed by atoms with Gasteiger partial charge in [0.15, 0.2) is 17.5 Å². The van der Waals surface area contributed by atoms with E-state index in [-0.39, 0.29) is 22.8 Å². The molecular formula is C27H27Cl2F3N4O6S. The number of rotatable bonds is 8. The molecule has 0 aliphatic carbocycles. The molecule has 3 heterocycles. The fraction of sp³-hybridized carbons (Fsp3) is 0.444. The van der Waals surface area contributed by atoms with Crippen molar-refractivity contribution < 1.29 is 42.8 Å². The number of hydrogen-bond donors (Lipinski definition) is 3. The van der Waals surface area contributed by atoms with Crippen LogP contribution in [0.3, 0.4) is 0 Å². The van der Waals surface area contributed by atoms with Crippen LogP contribution in [0, 0.1) is 17.5 Å². The van der Waals surface area contributed by atoms with Crippen LogP contribution in [0.25, 0.3) is 11.3 Å². The summed E-state index contributed by atoms with van der Waals surface area (Å²) in [7, 11) is 0. The van der Waals surface area contributed by atoms with E-state index >= 15 is 0 Å². The number of carbonyl (C=O) groups excluding carboxylic acids is 1. The van der Waals surface area contributed by atoms with Crippen molar-refractivity contribution in [1.82, 2.24) is 19.9 Å². The summed E-state index contributed by atoms with van der Waals surface area (Å²) in [5.74, 6) is -4.87. The molecule has 0 saturated carbocycles. The van der Waals surface area contributed by atoms with E-state index in [0.29, 0.717) is 29.3 Å². The van der Waals surface area contributed by atoms with Crippen LogP contribution in [0.2, 0.25) is 10.0 Å². The Kier molecular flexibility index (Phi) is 10.2. The van der Waals surface area contributed by atoms with Gasteiger partial charge >= 0.3 is 0 Å². The molecule has 1 unspecified atom stereocenters. The van der Waals surface area contributed by atoms with Gasteiger partial charge in [-0.3, -0.25) is 4.79 Å². The summed E-state index contributed by atoms with van der Waals surface area (Å²) in [6.07, 6.45) is -1.84. The van der Waals surface area contributed by atoms with Crippen molar-refractivity contribution in [3.05, 3.63) is 64.0 Å². The lowest BCUT2D eigenvalue weighted by Crippen LogP contribution is -2.56. The molecule has 5 rings (SSSR count). The number of thioether (sulfide) groups is 1. The van der Waals surface area contributed by atoms with Gasteiger partial charge < -0.3 is 29.7 Å². The van der Waals surface area contributed by atoms with Crippen molar-refractivity contribution >= 4 is 40.9 Å². The third-order valence-electron chi connectivity index (χ3n) is 7.21. The van der Waals surface area contributed by atoms with Crippen LogP contribution < -0.4 is 0 Å². The highest BCUT2D eigenvalue weighted by Gasteiger charge is 2.48. The van der Waals surface area contributed by atoms with Gasteiger partial charge in [-0.25, -0.2) is 17.9 Å². The lowest BCUT2D eigenvalue weighted by atomic mass is 9.97. The minimum Gasteiger partial charge on any atom is -0.394 e. The van der Waals surface area contributed by atoms with E-state index in [9.17, 15) is 33.3 Å². The zero-order valence-electron chi connectivity index (χ0n) is 22.3. The van der Waals surface area contributed by atoms with Crippen molar-refractivity contribution in [2.24, 2.45) is 0 Å². The Labute approximate surface area is 258 Å². The van der Waals surface area contributed by atoms with Gasteiger partial charge in [-0.1, -0.05) is 40.2 Å². The molecule has 6 atom stereocenters. The van der Waals surface area contributed by atoms with Crippen LogP contribution in [0.1, 0.15) is 18.9 Å². The minimum atomic E-state index is -1.64. The number of aromatic nitrogens is 3. The molecular weight excluding hydrogens is 636 g/mol. The maximum absolute atomic E-state index is 13.9. The molecule has 0 bridgehead atoms. The average Bonchev–Trinajstić information content (AvgIpc) is 3.47. The Morgan fingerprint density at radius 2 is 1.88 bits per heavy atom. The molecule has 10 nitrogen and oxygen atoms in total. The number of carbonyl (C=O) groups is 1. The van der Waals surface area contributed by atoms with E-state index < -0.39 is 72.5 Å². The van der Waals surface area contributed by atoms with Crippen molar-refractivity contribution in [2.75, 3.05) is 26.3 Å². The number of aliphatic hydroxyl groups is 3. The van der Waals surface area contributed by atoms with Gasteiger partial charge in [-0.05, 0) is 43.2 Å². The van der Waals surface area contributed by atoms with Crippen LogP contribution in [-0.2, 0) is 14.3 Å². The smallest absolute Gasteiger partial charge is 0.248 e. The fourth-order valence-corrected chi connectivity index (χ4v) is 6.55. The van der Waals surface area contributed by atoms with E-state index in [1.807, 2.05) is 0 Å². The molecule has 2 aromatic carbocycles. The largest absolute Gasteiger partial charge is 0.394 e. The predicted molar refractivity (Wildman–Crippen MR) is 150 cm³/mol. The van der Waals surface area contributed by atoms with Crippen molar-refractivity contribution in [3.8, 4) is 11.3 Å². The van der Waals surface area contributed by atoms with E-state index in [4.69, 9.17) is 32.7 Å². The zero-order valence-corrected chi connectivity index (χ0v) is 24.7. The van der Waals surface area contributed by atoms with Crippen LogP contribution in [0.5, 0.6) is 0 Å². The van der Waals surface area contributed by atoms with E-state index in [0.717, 1.165) is 23.9 Å². The highest BCUT2D eigenvalue weighted by Crippen LogP contribution is 2.41. The summed E-state index contributed by atoms with van der Waals surface area (Å²) < 4.78 is 54.7. The normalized spacial score (nSPS) is 26.1. The molecule has 0 radical (unpaired) electrons. The van der Waals surface area contributed by atoms with Crippen molar-refractivity contribution in [2.45, 2.75) is 53.6 Å². The average molecular weight is 664 g/mol. The van der Waals surface area contributed by atoms with Gasteiger partial charge in [-0.2, -0.15) is 0 Å². The number of ether oxygens (including phenoxy) is 2. The molecule has 3 aromatic rings. The van der Waals surface area contributed by atoms with Crippen LogP contribution in [0.15, 0.2) is 41.4 Å². The Bertz CT molecular complexity index is 1450. The first-order chi connectivity index (χ1) is 20.5. The van der Waals surface area contributed by atoms with Gasteiger partial charge in [0.05, 0.1) is 29.0 Å². The van der Waals surface area contributed by atoms with Crippen LogP contribution >= 0.6 is 35.0 Å². The lowest BCUT2D eigenvalue weighted by molar-refractivity contribution is -0.195. The first kappa shape index (κ1) is 32.0. The van der Waals surface area contributed by atoms with Crippen LogP contribution in [-0.4, -0.2) is 97.3 Å². The number of aliphatic hydroxyl groups excluding tert-OH is 3. The second kappa shape index (κ2) is 13.7. The van der Waals surface area contributed by atoms with Crippen molar-refractivity contribution in [1.29, 1.82) is 0 Å². The van der Waals surface area contributed by atoms with Gasteiger partial charge in [0.2, 0.25) is 5.91 Å². The molecule has 43 heavy (non-hydrogen) atoms. The summed E-state index contributed by atoms with van der Waals surface area (Å²) in [6, 6.07) is 5.24. The lowest BCUT2D eigenvalue weighted by Gasteiger charge is -2.44. The maximum Gasteiger partial charge on any atom is 0.248 e. The molecule has 1 aromatic heterocycles. The highest BCUT2D eigenvalue weighted by molar-refractivity contribution is 7.99. The first-order valence-corrected chi connectivity index (χ1v) is 14.9. The standard InChI is InChI=1S/C27H27Cl2F3N4O6S/c28-16-4-3-15(8-17(16)29)43-27-26(41-12-22(39)35-5-1-2-14(38)9-35)24(25(40)21(11-37)42-27)36-10-20(33-34-36)13-6-18(30)23(32)19(31)7-13/h3-4,6-8,10,14,21,24-27,37-38,40H,1-2,5,9,11-12H2/t14?,21-,24+,25+,26-,27-/m1/s1. The number of halogens is 5. The number of benzene rings is 2. The Hall–Kier alpha value is -2.43. The van der Waals surface area contributed by atoms with E-state index in [2.05, 4.69) is 10.3 Å². The van der Waals surface area contributed by atoms with E-state index in [1.165, 1.54) is 15.8 Å². The van der Waals surface area contributed by atoms with E-state index in [1.54, 1.807) is 18.2 Å². The number of hydrogen-bond acceptors (Lipinski definition) is 9. The molecule has 3 N–H and O–H groups in total. The molecule has 2 fully saturated rings. The van der Waals surface area contributed by atoms with Gasteiger partial charge in [0.1, 0.15) is 42.1 Å². The SMILES string of the molecule is O=C(CO[C@@H]1[C@@H](n2cc(-c3cc(F)c(F)c(F)c3)nn2)[C@@H](O)[C@@H](CO)O[C@@H]1Sc1ccc(Cl)c(Cl)c1)N1CCCC(O)C1. The Morgan fingerprint density at radius 1 is 1.14 bits per heavy atom. The summed E-state index contributed by atoms with van der Waals surface area (Å²) in [4.78, 5) is 15.1. The highest BCUT2D eigenvalue weighted by atomic mass is 35.5. The predicted octanol–water partition coefficient (Wildman–Crippen LogP) is 3.45. The number of piperidine rings is 1. The molecule has 2 aliphatic rings. The maximum atomic E-state index is 13.9. The number of amides is 1. The molecule has 16 heteroatoms. The van der Waals surface area contributed by atoms with Crippen LogP contribution in [0.4, 0.5) is 13.2 Å². The van der Waals surface area contributed by atoms with Gasteiger partial charge in [0, 0.05) is 23.5 Å². The number of likely N-dealkylation sites (tertiary alicyclic amines) is 1. The molecule has 2 aliphatic heterocycles. The Morgan fingerprint density at radius 3 is 2.56 bits per heavy atom. The third-order valence-corrected chi connectivity index (χ3v) is 9.09. The zero-order chi connectivity index (χ0) is 30.8. The summed E-state index contributed by atoms with van der Waals surface area (Å²) in [5.41, 5.74) is -1.10. The third kappa shape index (κ3) is 7.12. The molecule has 2 saturated heterocycles. The minimum absolute atomic E-state index is 0.0390. The first-order valence-electron chi connectivity index (χ1n) is 13.3. The number of β-amino-alcohol motifs (C(OH)–C–C–N with tert-alkyl or cyclic N) is 1. The second-order valence-electron chi connectivity index (χ2n) is 10.1. The molecule has 0 spiro atoms. The summed E-state index contributed by atoms with van der Waals surface area (Å²) in [5, 5.41) is 39.9. The van der Waals surface area contributed by atoms with Gasteiger partial charge in [0.25, 0.3) is 0 Å². The Balaban J connectivity index is 1.48. The molecule has 1 amide bonds. The quantitative estimate of drug-likeness (QED) is 0.311. The second-order valence-corrected chi connectivity index (χ2v) is 12.1. The summed E-state index contributed by atoms with van der Waals surface area (Å²) >= 11 is 13.4. The van der Waals surface area contributed by atoms with Crippen molar-refractivity contribution in [3.63, 3.8) is 0 Å². The van der Waals surface area contributed by atoms with Gasteiger partial charge in [-0.15, -0.1) is 5.10 Å². The molecule has 232 valence electrons. The monoisotopic (exact) mass is 662 g/mol. The summed E-state index contributed by atoms with van der Waals surface area (Å²) in [6.45, 7) is -0.441. The fourth-order valence-electron chi connectivity index (χ4n) is 5.02. The number of nitrogens with zero attached hydrogens (tertiary/aromatic N) is 4. The topological polar surface area (TPSA) is 130 Å².